The molecule has 2 amide bonds. The molecule has 0 spiro atoms. The largest absolute Gasteiger partial charge is 0.392 e. The van der Waals surface area contributed by atoms with Gasteiger partial charge in [-0.1, -0.05) is 60.7 Å². The third-order valence-corrected chi connectivity index (χ3v) is 4.00. The van der Waals surface area contributed by atoms with Crippen molar-refractivity contribution in [2.45, 2.75) is 19.7 Å². The summed E-state index contributed by atoms with van der Waals surface area (Å²) in [6, 6.07) is 21.6. The molecule has 0 radical (unpaired) electrons. The van der Waals surface area contributed by atoms with E-state index in [2.05, 4.69) is 34.9 Å². The van der Waals surface area contributed by atoms with Gasteiger partial charge >= 0.3 is 6.03 Å². The number of nitrogens with one attached hydrogen (secondary N) is 2. The minimum absolute atomic E-state index is 0.0312. The fourth-order valence-corrected chi connectivity index (χ4v) is 2.65. The molecule has 3 N–H and O–H groups in total. The van der Waals surface area contributed by atoms with Gasteiger partial charge in [0.05, 0.1) is 6.61 Å². The first-order valence-corrected chi connectivity index (χ1v) is 7.93. The third-order valence-electron chi connectivity index (χ3n) is 4.00. The lowest BCUT2D eigenvalue weighted by molar-refractivity contribution is 0.240. The average molecular weight is 320 g/mol. The summed E-state index contributed by atoms with van der Waals surface area (Å²) in [5, 5.41) is 17.3. The molecule has 0 atom stereocenters. The first kappa shape index (κ1) is 16.0. The molecule has 3 rings (SSSR count). The van der Waals surface area contributed by atoms with Crippen LogP contribution in [-0.4, -0.2) is 11.1 Å². The Labute approximate surface area is 141 Å². The van der Waals surface area contributed by atoms with E-state index >= 15 is 0 Å². The molecular weight excluding hydrogens is 300 g/mol. The van der Waals surface area contributed by atoms with Gasteiger partial charge in [-0.2, -0.15) is 0 Å². The maximum Gasteiger partial charge on any atom is 0.315 e. The lowest BCUT2D eigenvalue weighted by Crippen LogP contribution is -2.34. The molecule has 122 valence electrons. The van der Waals surface area contributed by atoms with Gasteiger partial charge in [0.15, 0.2) is 0 Å². The van der Waals surface area contributed by atoms with Crippen molar-refractivity contribution >= 4 is 16.8 Å². The Morgan fingerprint density at radius 1 is 0.792 bits per heavy atom. The van der Waals surface area contributed by atoms with Crippen LogP contribution in [0.25, 0.3) is 10.8 Å². The second-order valence-corrected chi connectivity index (χ2v) is 5.64. The van der Waals surface area contributed by atoms with Crippen LogP contribution in [0.4, 0.5) is 4.79 Å². The molecule has 3 aromatic rings. The Balaban J connectivity index is 1.55. The molecule has 0 aliphatic carbocycles. The summed E-state index contributed by atoms with van der Waals surface area (Å²) in [5.74, 6) is 0. The predicted octanol–water partition coefficient (Wildman–Crippen LogP) is 3.33. The fraction of sp³-hybridized carbons (Fsp3) is 0.150. The number of carbonyl (C=O) groups excluding carboxylic acids is 1. The summed E-state index contributed by atoms with van der Waals surface area (Å²) in [7, 11) is 0. The lowest BCUT2D eigenvalue weighted by Gasteiger charge is -2.10. The highest BCUT2D eigenvalue weighted by Gasteiger charge is 2.04. The third kappa shape index (κ3) is 3.91. The number of rotatable bonds is 5. The number of aliphatic hydroxyl groups is 1. The number of amides is 2. The van der Waals surface area contributed by atoms with Crippen LogP contribution in [0.1, 0.15) is 16.7 Å². The zero-order valence-corrected chi connectivity index (χ0v) is 13.3. The quantitative estimate of drug-likeness (QED) is 0.675. The van der Waals surface area contributed by atoms with Crippen molar-refractivity contribution in [1.29, 1.82) is 0 Å². The second kappa shape index (κ2) is 7.62. The molecule has 0 unspecified atom stereocenters. The van der Waals surface area contributed by atoms with Crippen molar-refractivity contribution in [3.8, 4) is 0 Å². The number of benzene rings is 3. The molecule has 0 aliphatic rings. The smallest absolute Gasteiger partial charge is 0.315 e. The summed E-state index contributed by atoms with van der Waals surface area (Å²) in [6.45, 7) is 0.829. The highest BCUT2D eigenvalue weighted by atomic mass is 16.3. The normalized spacial score (nSPS) is 10.5. The van der Waals surface area contributed by atoms with E-state index in [1.807, 2.05) is 42.5 Å². The maximum atomic E-state index is 12.0. The predicted molar refractivity (Wildman–Crippen MR) is 95.4 cm³/mol. The van der Waals surface area contributed by atoms with E-state index in [0.29, 0.717) is 13.1 Å². The van der Waals surface area contributed by atoms with E-state index in [1.54, 1.807) is 0 Å². The topological polar surface area (TPSA) is 61.4 Å². The number of hydrogen-bond donors (Lipinski definition) is 3. The second-order valence-electron chi connectivity index (χ2n) is 5.64. The molecular formula is C20H20N2O2. The maximum absolute atomic E-state index is 12.0. The standard InChI is InChI=1S/C20H20N2O2/c23-14-19-8-4-3-7-18(19)13-22-20(24)21-12-15-9-10-16-5-1-2-6-17(16)11-15/h1-11,23H,12-14H2,(H2,21,22,24). The van der Waals surface area contributed by atoms with Crippen LogP contribution in [0.5, 0.6) is 0 Å². The van der Waals surface area contributed by atoms with Gasteiger partial charge in [-0.25, -0.2) is 4.79 Å². The SMILES string of the molecule is O=C(NCc1ccc2ccccc2c1)NCc1ccccc1CO. The Kier molecular flexibility index (Phi) is 5.08. The molecule has 0 aromatic heterocycles. The Morgan fingerprint density at radius 3 is 2.25 bits per heavy atom. The van der Waals surface area contributed by atoms with E-state index in [1.165, 1.54) is 5.39 Å². The molecule has 0 aliphatic heterocycles. The molecule has 0 bridgehead atoms. The molecule has 3 aromatic carbocycles. The van der Waals surface area contributed by atoms with E-state index in [4.69, 9.17) is 0 Å². The van der Waals surface area contributed by atoms with Gasteiger partial charge in [0.1, 0.15) is 0 Å². The van der Waals surface area contributed by atoms with E-state index in [-0.39, 0.29) is 12.6 Å². The number of carbonyl (C=O) groups is 1. The van der Waals surface area contributed by atoms with Crippen molar-refractivity contribution in [2.75, 3.05) is 0 Å². The van der Waals surface area contributed by atoms with Crippen LogP contribution in [0, 0.1) is 0 Å². The minimum atomic E-state index is -0.226. The molecule has 0 fully saturated rings. The fourth-order valence-electron chi connectivity index (χ4n) is 2.65. The van der Waals surface area contributed by atoms with Crippen molar-refractivity contribution in [2.24, 2.45) is 0 Å². The van der Waals surface area contributed by atoms with Crippen molar-refractivity contribution in [3.05, 3.63) is 83.4 Å². The van der Waals surface area contributed by atoms with Crippen molar-refractivity contribution in [1.82, 2.24) is 10.6 Å². The summed E-state index contributed by atoms with van der Waals surface area (Å²) >= 11 is 0. The van der Waals surface area contributed by atoms with Crippen molar-refractivity contribution in [3.63, 3.8) is 0 Å². The lowest BCUT2D eigenvalue weighted by atomic mass is 10.1. The summed E-state index contributed by atoms with van der Waals surface area (Å²) in [5.41, 5.74) is 2.80. The Morgan fingerprint density at radius 2 is 1.46 bits per heavy atom. The van der Waals surface area contributed by atoms with Gasteiger partial charge in [0, 0.05) is 13.1 Å². The monoisotopic (exact) mass is 320 g/mol. The first-order valence-electron chi connectivity index (χ1n) is 7.93. The minimum Gasteiger partial charge on any atom is -0.392 e. The summed E-state index contributed by atoms with van der Waals surface area (Å²) in [4.78, 5) is 12.0. The van der Waals surface area contributed by atoms with Gasteiger partial charge in [-0.3, -0.25) is 0 Å². The van der Waals surface area contributed by atoms with E-state index < -0.39 is 0 Å². The number of aliphatic hydroxyl groups excluding tert-OH is 1. The molecule has 0 saturated heterocycles. The van der Waals surface area contributed by atoms with Gasteiger partial charge in [0.2, 0.25) is 0 Å². The number of urea groups is 1. The average Bonchev–Trinajstić information content (AvgIpc) is 2.64. The first-order chi connectivity index (χ1) is 11.8. The van der Waals surface area contributed by atoms with Crippen LogP contribution < -0.4 is 10.6 Å². The Hall–Kier alpha value is -2.85. The summed E-state index contributed by atoms with van der Waals surface area (Å²) in [6.07, 6.45) is 0. The zero-order valence-electron chi connectivity index (χ0n) is 13.3. The van der Waals surface area contributed by atoms with Crippen molar-refractivity contribution < 1.29 is 9.90 Å². The molecule has 0 saturated carbocycles. The van der Waals surface area contributed by atoms with Crippen LogP contribution in [-0.2, 0) is 19.7 Å². The van der Waals surface area contributed by atoms with Gasteiger partial charge in [0.25, 0.3) is 0 Å². The van der Waals surface area contributed by atoms with Gasteiger partial charge in [-0.05, 0) is 33.5 Å². The van der Waals surface area contributed by atoms with E-state index in [0.717, 1.165) is 22.1 Å². The highest BCUT2D eigenvalue weighted by molar-refractivity contribution is 5.83. The van der Waals surface area contributed by atoms with E-state index in [9.17, 15) is 9.90 Å². The molecule has 4 nitrogen and oxygen atoms in total. The number of hydrogen-bond acceptors (Lipinski definition) is 2. The Bertz CT molecular complexity index is 846. The zero-order chi connectivity index (χ0) is 16.8. The molecule has 4 heteroatoms. The van der Waals surface area contributed by atoms with Gasteiger partial charge in [-0.15, -0.1) is 0 Å². The number of fused-ring (bicyclic) bond motifs is 1. The van der Waals surface area contributed by atoms with Gasteiger partial charge < -0.3 is 15.7 Å². The van der Waals surface area contributed by atoms with Crippen LogP contribution in [0.2, 0.25) is 0 Å². The molecule has 0 heterocycles. The van der Waals surface area contributed by atoms with Crippen LogP contribution in [0.3, 0.4) is 0 Å². The molecule has 24 heavy (non-hydrogen) atoms. The summed E-state index contributed by atoms with van der Waals surface area (Å²) < 4.78 is 0. The van der Waals surface area contributed by atoms with Crippen LogP contribution in [0.15, 0.2) is 66.7 Å². The van der Waals surface area contributed by atoms with Crippen LogP contribution >= 0.6 is 0 Å². The highest BCUT2D eigenvalue weighted by Crippen LogP contribution is 2.15.